The van der Waals surface area contributed by atoms with Crippen LogP contribution in [0.15, 0.2) is 6.07 Å². The van der Waals surface area contributed by atoms with Crippen LogP contribution in [0.4, 0.5) is 22.1 Å². The van der Waals surface area contributed by atoms with Crippen molar-refractivity contribution in [2.24, 2.45) is 0 Å². The van der Waals surface area contributed by atoms with Gasteiger partial charge < -0.3 is 0 Å². The first-order valence-electron chi connectivity index (χ1n) is 2.69. The van der Waals surface area contributed by atoms with Gasteiger partial charge in [-0.2, -0.15) is 4.39 Å². The Morgan fingerprint density at radius 3 is 2.00 bits per heavy atom. The summed E-state index contributed by atoms with van der Waals surface area (Å²) in [7, 11) is 0. The summed E-state index contributed by atoms with van der Waals surface area (Å²) in [5.74, 6) is -9.07. The van der Waals surface area contributed by atoms with Gasteiger partial charge in [0.25, 0.3) is 0 Å². The van der Waals surface area contributed by atoms with E-state index in [0.29, 0.717) is 0 Å². The number of halogens is 5. The smallest absolute Gasteiger partial charge is 0.213 e. The fraction of sp³-hybridized carbons (Fsp3) is 0. The fourth-order valence-corrected chi connectivity index (χ4v) is 0.607. The molecule has 6 heteroatoms. The van der Waals surface area contributed by atoms with E-state index in [1.165, 1.54) is 0 Å². The van der Waals surface area contributed by atoms with Gasteiger partial charge in [-0.25, -0.2) is 13.2 Å². The molecule has 66 valence electrons. The van der Waals surface area contributed by atoms with Crippen LogP contribution < -0.4 is 4.94 Å². The molecule has 0 unspecified atom stereocenters. The van der Waals surface area contributed by atoms with Gasteiger partial charge in [-0.15, -0.1) is 0 Å². The van der Waals surface area contributed by atoms with Crippen LogP contribution in [0.1, 0.15) is 0 Å². The second-order valence-corrected chi connectivity index (χ2v) is 1.88. The molecule has 0 spiro atoms. The SMILES string of the molecule is FOc1cc(F)c(F)c(F)c1F. The molecule has 0 aliphatic carbocycles. The lowest BCUT2D eigenvalue weighted by Crippen LogP contribution is -1.97. The second kappa shape index (κ2) is 2.96. The third-order valence-electron chi connectivity index (χ3n) is 1.15. The predicted octanol–water partition coefficient (Wildman–Crippen LogP) is 2.51. The number of hydrogen-bond donors (Lipinski definition) is 0. The molecule has 0 aliphatic heterocycles. The van der Waals surface area contributed by atoms with Gasteiger partial charge in [-0.1, -0.05) is 0 Å². The number of benzene rings is 1. The Bertz CT molecular complexity index is 311. The maximum absolute atomic E-state index is 12.3. The Morgan fingerprint density at radius 2 is 1.50 bits per heavy atom. The van der Waals surface area contributed by atoms with E-state index in [9.17, 15) is 22.1 Å². The largest absolute Gasteiger partial charge is 0.291 e. The molecule has 12 heavy (non-hydrogen) atoms. The van der Waals surface area contributed by atoms with Crippen LogP contribution in [0.5, 0.6) is 5.75 Å². The van der Waals surface area contributed by atoms with Crippen LogP contribution in [0, 0.1) is 23.3 Å². The summed E-state index contributed by atoms with van der Waals surface area (Å²) in [4.78, 5) is 2.74. The molecule has 0 bridgehead atoms. The predicted molar refractivity (Wildman–Crippen MR) is 28.0 cm³/mol. The first kappa shape index (κ1) is 8.76. The van der Waals surface area contributed by atoms with Crippen molar-refractivity contribution in [3.63, 3.8) is 0 Å². The number of hydrogen-bond acceptors (Lipinski definition) is 1. The Labute approximate surface area is 63.3 Å². The molecule has 0 fully saturated rings. The minimum Gasteiger partial charge on any atom is -0.291 e. The highest BCUT2D eigenvalue weighted by atomic mass is 19.3. The van der Waals surface area contributed by atoms with Crippen LogP contribution in [0.25, 0.3) is 0 Å². The molecule has 0 N–H and O–H groups in total. The highest BCUT2D eigenvalue weighted by molar-refractivity contribution is 5.26. The van der Waals surface area contributed by atoms with Crippen molar-refractivity contribution in [1.82, 2.24) is 0 Å². The van der Waals surface area contributed by atoms with Crippen molar-refractivity contribution < 1.29 is 27.0 Å². The minimum absolute atomic E-state index is 0.0632. The fourth-order valence-electron chi connectivity index (χ4n) is 0.607. The van der Waals surface area contributed by atoms with Gasteiger partial charge >= 0.3 is 0 Å². The summed E-state index contributed by atoms with van der Waals surface area (Å²) in [6.07, 6.45) is 0. The summed E-state index contributed by atoms with van der Waals surface area (Å²) in [5, 5.41) is 0. The van der Waals surface area contributed by atoms with Gasteiger partial charge in [0.05, 0.1) is 0 Å². The van der Waals surface area contributed by atoms with Crippen LogP contribution in [0.3, 0.4) is 0 Å². The molecule has 0 atom stereocenters. The highest BCUT2D eigenvalue weighted by Gasteiger charge is 2.20. The summed E-state index contributed by atoms with van der Waals surface area (Å²) >= 11 is 0. The van der Waals surface area contributed by atoms with Gasteiger partial charge in [-0.3, -0.25) is 4.94 Å². The van der Waals surface area contributed by atoms with E-state index >= 15 is 0 Å². The Balaban J connectivity index is 3.39. The van der Waals surface area contributed by atoms with Gasteiger partial charge in [0.1, 0.15) is 0 Å². The molecular weight excluding hydrogens is 183 g/mol. The van der Waals surface area contributed by atoms with Crippen molar-refractivity contribution in [3.8, 4) is 5.75 Å². The molecule has 1 aromatic carbocycles. The molecule has 0 aliphatic rings. The minimum atomic E-state index is -2.11. The summed E-state index contributed by atoms with van der Waals surface area (Å²) < 4.78 is 60.1. The van der Waals surface area contributed by atoms with Gasteiger partial charge in [0.15, 0.2) is 11.6 Å². The van der Waals surface area contributed by atoms with E-state index in [1.54, 1.807) is 0 Å². The lowest BCUT2D eigenvalue weighted by atomic mass is 10.3. The summed E-state index contributed by atoms with van der Waals surface area (Å²) in [6, 6.07) is 0.0632. The summed E-state index contributed by atoms with van der Waals surface area (Å²) in [6.45, 7) is 0. The maximum Gasteiger partial charge on any atom is 0.213 e. The zero-order valence-corrected chi connectivity index (χ0v) is 5.38. The van der Waals surface area contributed by atoms with E-state index in [0.717, 1.165) is 0 Å². The third kappa shape index (κ3) is 1.19. The van der Waals surface area contributed by atoms with Crippen molar-refractivity contribution in [1.29, 1.82) is 0 Å². The second-order valence-electron chi connectivity index (χ2n) is 1.88. The molecule has 1 nitrogen and oxygen atoms in total. The Morgan fingerprint density at radius 1 is 0.917 bits per heavy atom. The average Bonchev–Trinajstić information content (AvgIpc) is 2.08. The highest BCUT2D eigenvalue weighted by Crippen LogP contribution is 2.24. The van der Waals surface area contributed by atoms with E-state index < -0.39 is 29.0 Å². The van der Waals surface area contributed by atoms with Crippen molar-refractivity contribution in [2.45, 2.75) is 0 Å². The molecule has 0 heterocycles. The standard InChI is InChI=1S/C6HF5O/c7-2-1-3(12-11)5(9)6(10)4(2)8/h1H. The Hall–Kier alpha value is -1.33. The average molecular weight is 184 g/mol. The van der Waals surface area contributed by atoms with E-state index in [4.69, 9.17) is 0 Å². The maximum atomic E-state index is 12.3. The third-order valence-corrected chi connectivity index (χ3v) is 1.15. The van der Waals surface area contributed by atoms with Crippen LogP contribution in [0.2, 0.25) is 0 Å². The van der Waals surface area contributed by atoms with Crippen LogP contribution in [-0.2, 0) is 0 Å². The molecular formula is C6HF5O. The Kier molecular flexibility index (Phi) is 2.16. The van der Waals surface area contributed by atoms with Crippen molar-refractivity contribution in [3.05, 3.63) is 29.3 Å². The molecule has 0 radical (unpaired) electrons. The summed E-state index contributed by atoms with van der Waals surface area (Å²) in [5.41, 5.74) is 0. The van der Waals surface area contributed by atoms with E-state index in [1.807, 2.05) is 0 Å². The normalized spacial score (nSPS) is 10.1. The monoisotopic (exact) mass is 184 g/mol. The van der Waals surface area contributed by atoms with Crippen LogP contribution >= 0.6 is 0 Å². The first-order valence-corrected chi connectivity index (χ1v) is 2.69. The quantitative estimate of drug-likeness (QED) is 0.370. The molecule has 1 aromatic rings. The van der Waals surface area contributed by atoms with Crippen molar-refractivity contribution in [2.75, 3.05) is 0 Å². The lowest BCUT2D eigenvalue weighted by Gasteiger charge is -1.99. The molecule has 0 saturated carbocycles. The van der Waals surface area contributed by atoms with Crippen LogP contribution in [-0.4, -0.2) is 0 Å². The molecule has 1 rings (SSSR count). The molecule has 0 amide bonds. The molecule has 0 aromatic heterocycles. The number of rotatable bonds is 1. The molecule has 0 saturated heterocycles. The van der Waals surface area contributed by atoms with Gasteiger partial charge in [-0.05, 0) is 0 Å². The lowest BCUT2D eigenvalue weighted by molar-refractivity contribution is -0.0121. The van der Waals surface area contributed by atoms with Gasteiger partial charge in [0, 0.05) is 10.6 Å². The topological polar surface area (TPSA) is 9.23 Å². The van der Waals surface area contributed by atoms with Gasteiger partial charge in [0.2, 0.25) is 17.4 Å². The van der Waals surface area contributed by atoms with Crippen molar-refractivity contribution >= 4 is 0 Å². The zero-order valence-electron chi connectivity index (χ0n) is 5.38. The zero-order chi connectivity index (χ0) is 9.30. The van der Waals surface area contributed by atoms with E-state index in [-0.39, 0.29) is 6.07 Å². The first-order chi connectivity index (χ1) is 5.57. The van der Waals surface area contributed by atoms with E-state index in [2.05, 4.69) is 4.94 Å².